The standard InChI is InChI=1S/C23H18N2O3.ClH/c1-12(2)11-27-22(26)15-4-3-13-10-17-16-9-14-5-7-25-19(14)21-23(16,6-8-24-17)18(13)20(15)28-21;/h3-9,12H,10-11H2,1-2H3;1H. The number of halogens is 1. The Balaban J connectivity index is 0.00000181. The minimum atomic E-state index is -0.539. The molecule has 146 valence electrons. The van der Waals surface area contributed by atoms with Crippen LogP contribution in [0.4, 0.5) is 0 Å². The van der Waals surface area contributed by atoms with E-state index in [0.29, 0.717) is 17.9 Å². The SMILES string of the molecule is CC(C)COC(=O)c1ccc2c3c1OC1=C4N=CC=C4C=C4C(=NC=CC413)C2.Cl. The Bertz CT molecular complexity index is 1170. The summed E-state index contributed by atoms with van der Waals surface area (Å²) in [7, 11) is 0. The molecule has 0 N–H and O–H groups in total. The predicted molar refractivity (Wildman–Crippen MR) is 113 cm³/mol. The van der Waals surface area contributed by atoms with Crippen molar-refractivity contribution < 1.29 is 14.3 Å². The van der Waals surface area contributed by atoms with Gasteiger partial charge in [-0.15, -0.1) is 12.4 Å². The average molecular weight is 407 g/mol. The van der Waals surface area contributed by atoms with E-state index < -0.39 is 5.41 Å². The van der Waals surface area contributed by atoms with Crippen molar-refractivity contribution in [3.05, 3.63) is 75.9 Å². The number of hydrogen-bond acceptors (Lipinski definition) is 5. The summed E-state index contributed by atoms with van der Waals surface area (Å²) >= 11 is 0. The largest absolute Gasteiger partial charge is 0.462 e. The van der Waals surface area contributed by atoms with E-state index in [-0.39, 0.29) is 24.3 Å². The Kier molecular flexibility index (Phi) is 3.77. The van der Waals surface area contributed by atoms with Crippen LogP contribution in [-0.2, 0) is 16.6 Å². The van der Waals surface area contributed by atoms with Crippen molar-refractivity contribution in [1.29, 1.82) is 0 Å². The average Bonchev–Trinajstić information content (AvgIpc) is 3.26. The Morgan fingerprint density at radius 2 is 2.21 bits per heavy atom. The minimum Gasteiger partial charge on any atom is -0.462 e. The third kappa shape index (κ3) is 2.19. The van der Waals surface area contributed by atoms with Gasteiger partial charge in [0.25, 0.3) is 0 Å². The van der Waals surface area contributed by atoms with Crippen LogP contribution in [0.5, 0.6) is 5.75 Å². The van der Waals surface area contributed by atoms with Gasteiger partial charge in [0.15, 0.2) is 0 Å². The van der Waals surface area contributed by atoms with Crippen molar-refractivity contribution in [2.75, 3.05) is 6.61 Å². The number of benzene rings is 1. The number of nitrogens with zero attached hydrogens (tertiary/aromatic N) is 2. The highest BCUT2D eigenvalue weighted by atomic mass is 35.5. The van der Waals surface area contributed by atoms with Crippen molar-refractivity contribution >= 4 is 30.3 Å². The van der Waals surface area contributed by atoms with Gasteiger partial charge < -0.3 is 9.47 Å². The van der Waals surface area contributed by atoms with Crippen LogP contribution < -0.4 is 4.74 Å². The molecular formula is C23H19ClN2O3. The molecule has 5 aliphatic rings. The van der Waals surface area contributed by atoms with Crippen LogP contribution in [0.1, 0.15) is 35.3 Å². The number of carbonyl (C=O) groups excluding carboxylic acids is 1. The molecule has 0 saturated carbocycles. The number of carbonyl (C=O) groups is 1. The topological polar surface area (TPSA) is 60.2 Å². The molecule has 5 nitrogen and oxygen atoms in total. The van der Waals surface area contributed by atoms with E-state index in [1.54, 1.807) is 6.21 Å². The molecule has 3 heterocycles. The van der Waals surface area contributed by atoms with E-state index >= 15 is 0 Å². The number of rotatable bonds is 3. The summed E-state index contributed by atoms with van der Waals surface area (Å²) in [6.45, 7) is 4.42. The first kappa shape index (κ1) is 18.1. The quantitative estimate of drug-likeness (QED) is 0.705. The van der Waals surface area contributed by atoms with Gasteiger partial charge in [0.05, 0.1) is 6.61 Å². The van der Waals surface area contributed by atoms with Crippen LogP contribution in [0, 0.1) is 5.92 Å². The zero-order valence-electron chi connectivity index (χ0n) is 16.1. The van der Waals surface area contributed by atoms with Crippen LogP contribution in [0.15, 0.2) is 69.1 Å². The lowest BCUT2D eigenvalue weighted by Gasteiger charge is -2.39. The van der Waals surface area contributed by atoms with Crippen molar-refractivity contribution in [2.24, 2.45) is 15.9 Å². The molecule has 1 spiro atoms. The van der Waals surface area contributed by atoms with E-state index in [1.165, 1.54) is 0 Å². The van der Waals surface area contributed by atoms with Gasteiger partial charge >= 0.3 is 5.97 Å². The molecular weight excluding hydrogens is 388 g/mol. The number of hydrogen-bond donors (Lipinski definition) is 0. The molecule has 1 aromatic carbocycles. The minimum absolute atomic E-state index is 0. The molecule has 29 heavy (non-hydrogen) atoms. The Labute approximate surface area is 174 Å². The lowest BCUT2D eigenvalue weighted by Crippen LogP contribution is -2.40. The molecule has 2 aliphatic carbocycles. The molecule has 0 amide bonds. The van der Waals surface area contributed by atoms with E-state index in [2.05, 4.69) is 22.1 Å². The summed E-state index contributed by atoms with van der Waals surface area (Å²) < 4.78 is 11.9. The highest BCUT2D eigenvalue weighted by molar-refractivity contribution is 6.11. The van der Waals surface area contributed by atoms with Gasteiger partial charge in [0.1, 0.15) is 28.2 Å². The fourth-order valence-corrected chi connectivity index (χ4v) is 4.69. The molecule has 1 aromatic rings. The van der Waals surface area contributed by atoms with E-state index in [9.17, 15) is 4.79 Å². The molecule has 1 unspecified atom stereocenters. The molecule has 0 radical (unpaired) electrons. The fraction of sp³-hybridized carbons (Fsp3) is 0.261. The van der Waals surface area contributed by atoms with Gasteiger partial charge in [-0.25, -0.2) is 4.79 Å². The summed E-state index contributed by atoms with van der Waals surface area (Å²) in [4.78, 5) is 22.0. The maximum atomic E-state index is 12.8. The second-order valence-corrected chi connectivity index (χ2v) is 8.08. The Morgan fingerprint density at radius 3 is 3.03 bits per heavy atom. The summed E-state index contributed by atoms with van der Waals surface area (Å²) in [6, 6.07) is 3.83. The van der Waals surface area contributed by atoms with Crippen LogP contribution >= 0.6 is 12.4 Å². The van der Waals surface area contributed by atoms with Gasteiger partial charge in [-0.2, -0.15) is 0 Å². The van der Waals surface area contributed by atoms with Crippen LogP contribution in [0.25, 0.3) is 0 Å². The number of allylic oxidation sites excluding steroid dienone is 3. The van der Waals surface area contributed by atoms with Crippen LogP contribution in [0.2, 0.25) is 0 Å². The molecule has 0 saturated heterocycles. The van der Waals surface area contributed by atoms with Crippen LogP contribution in [-0.4, -0.2) is 24.5 Å². The zero-order valence-corrected chi connectivity index (χ0v) is 16.9. The first-order valence-electron chi connectivity index (χ1n) is 9.57. The summed E-state index contributed by atoms with van der Waals surface area (Å²) in [5.74, 6) is 1.31. The Morgan fingerprint density at radius 1 is 1.34 bits per heavy atom. The highest BCUT2D eigenvalue weighted by Crippen LogP contribution is 2.61. The monoisotopic (exact) mass is 406 g/mol. The van der Waals surface area contributed by atoms with Crippen molar-refractivity contribution in [3.8, 4) is 5.75 Å². The third-order valence-electron chi connectivity index (χ3n) is 5.86. The van der Waals surface area contributed by atoms with Gasteiger partial charge in [0.2, 0.25) is 0 Å². The Hall–Kier alpha value is -2.92. The van der Waals surface area contributed by atoms with Crippen LogP contribution in [0.3, 0.4) is 0 Å². The molecule has 0 fully saturated rings. The first-order valence-corrected chi connectivity index (χ1v) is 9.57. The molecule has 0 aromatic heterocycles. The van der Waals surface area contributed by atoms with Gasteiger partial charge in [-0.1, -0.05) is 19.9 Å². The van der Waals surface area contributed by atoms with Gasteiger partial charge in [-0.05, 0) is 41.3 Å². The predicted octanol–water partition coefficient (Wildman–Crippen LogP) is 4.24. The molecule has 1 atom stereocenters. The molecule has 3 aliphatic heterocycles. The van der Waals surface area contributed by atoms with E-state index in [4.69, 9.17) is 9.47 Å². The van der Waals surface area contributed by atoms with Crippen molar-refractivity contribution in [2.45, 2.75) is 25.7 Å². The lowest BCUT2D eigenvalue weighted by atomic mass is 9.62. The second-order valence-electron chi connectivity index (χ2n) is 8.08. The first-order chi connectivity index (χ1) is 13.6. The number of fused-ring (bicyclic) bond motifs is 1. The summed E-state index contributed by atoms with van der Waals surface area (Å²) in [5, 5.41) is 0. The normalized spacial score (nSPS) is 23.6. The number of esters is 1. The van der Waals surface area contributed by atoms with E-state index in [0.717, 1.165) is 45.9 Å². The van der Waals surface area contributed by atoms with Gasteiger partial charge in [-0.3, -0.25) is 9.98 Å². The second kappa shape index (κ2) is 6.04. The smallest absolute Gasteiger partial charge is 0.341 e. The zero-order chi connectivity index (χ0) is 19.0. The van der Waals surface area contributed by atoms with Crippen molar-refractivity contribution in [3.63, 3.8) is 0 Å². The van der Waals surface area contributed by atoms with Crippen molar-refractivity contribution in [1.82, 2.24) is 0 Å². The molecule has 6 heteroatoms. The maximum absolute atomic E-state index is 12.8. The summed E-state index contributed by atoms with van der Waals surface area (Å²) in [6.07, 6.45) is 10.6. The lowest BCUT2D eigenvalue weighted by molar-refractivity contribution is 0.0456. The number of aliphatic imine (C=N–C) groups is 2. The maximum Gasteiger partial charge on any atom is 0.341 e. The van der Waals surface area contributed by atoms with E-state index in [1.807, 2.05) is 38.3 Å². The molecule has 6 rings (SSSR count). The summed E-state index contributed by atoms with van der Waals surface area (Å²) in [5.41, 5.74) is 6.15. The fourth-order valence-electron chi connectivity index (χ4n) is 4.69. The third-order valence-corrected chi connectivity index (χ3v) is 5.86. The highest BCUT2D eigenvalue weighted by Gasteiger charge is 2.57. The molecule has 2 bridgehead atoms. The number of ether oxygens (including phenoxy) is 2. The van der Waals surface area contributed by atoms with Gasteiger partial charge in [0, 0.05) is 35.7 Å².